The summed E-state index contributed by atoms with van der Waals surface area (Å²) in [5, 5.41) is 0. The van der Waals surface area contributed by atoms with Gasteiger partial charge in [0.15, 0.2) is 0 Å². The zero-order valence-corrected chi connectivity index (χ0v) is 7.70. The Morgan fingerprint density at radius 3 is 2.77 bits per heavy atom. The van der Waals surface area contributed by atoms with Crippen LogP contribution in [-0.2, 0) is 11.3 Å². The first kappa shape index (κ1) is 8.10. The molecule has 1 aromatic rings. The Morgan fingerprint density at radius 1 is 1.23 bits per heavy atom. The first-order chi connectivity index (χ1) is 6.35. The van der Waals surface area contributed by atoms with Crippen molar-refractivity contribution < 1.29 is 9.47 Å². The number of benzene rings is 1. The molecule has 1 aromatic carbocycles. The lowest BCUT2D eigenvalue weighted by molar-refractivity contribution is 0.402. The number of nitrogens with zero attached hydrogens (tertiary/aromatic N) is 1. The normalized spacial score (nSPS) is 13.5. The third-order valence-corrected chi connectivity index (χ3v) is 2.13. The summed E-state index contributed by atoms with van der Waals surface area (Å²) in [4.78, 5) is 4.24. The van der Waals surface area contributed by atoms with Gasteiger partial charge in [0, 0.05) is 5.56 Å². The van der Waals surface area contributed by atoms with Gasteiger partial charge in [-0.1, -0.05) is 6.07 Å². The highest BCUT2D eigenvalue weighted by molar-refractivity contribution is 5.97. The molecule has 1 aliphatic rings. The summed E-state index contributed by atoms with van der Waals surface area (Å²) >= 11 is 0. The van der Waals surface area contributed by atoms with Crippen LogP contribution >= 0.6 is 0 Å². The predicted molar refractivity (Wildman–Crippen MR) is 50.2 cm³/mol. The largest absolute Gasteiger partial charge is 0.497 e. The van der Waals surface area contributed by atoms with Crippen LogP contribution in [0.3, 0.4) is 0 Å². The number of ether oxygens (including phenoxy) is 2. The highest BCUT2D eigenvalue weighted by atomic mass is 16.5. The lowest BCUT2D eigenvalue weighted by Gasteiger charge is -2.04. The van der Waals surface area contributed by atoms with E-state index in [9.17, 15) is 0 Å². The summed E-state index contributed by atoms with van der Waals surface area (Å²) < 4.78 is 10.3. The third kappa shape index (κ3) is 1.26. The molecule has 0 N–H and O–H groups in total. The third-order valence-electron chi connectivity index (χ3n) is 2.13. The molecule has 13 heavy (non-hydrogen) atoms. The molecule has 0 radical (unpaired) electrons. The Balaban J connectivity index is 2.44. The van der Waals surface area contributed by atoms with Crippen LogP contribution in [0, 0.1) is 0 Å². The molecule has 68 valence electrons. The van der Waals surface area contributed by atoms with Crippen LogP contribution in [0.15, 0.2) is 23.2 Å². The standard InChI is InChI=1S/C10H11NO2/c1-12-8-4-3-7-6-11-10(13-2)9(7)5-8/h3-5H,6H2,1-2H3. The molecular weight excluding hydrogens is 166 g/mol. The van der Waals surface area contributed by atoms with E-state index in [1.54, 1.807) is 14.2 Å². The van der Waals surface area contributed by atoms with Crippen LogP contribution < -0.4 is 4.74 Å². The molecule has 0 spiro atoms. The van der Waals surface area contributed by atoms with Crippen molar-refractivity contribution in [3.05, 3.63) is 29.3 Å². The van der Waals surface area contributed by atoms with Gasteiger partial charge in [0.1, 0.15) is 5.75 Å². The quantitative estimate of drug-likeness (QED) is 0.652. The minimum Gasteiger partial charge on any atom is -0.497 e. The average molecular weight is 177 g/mol. The number of aliphatic imine (C=N–C) groups is 1. The van der Waals surface area contributed by atoms with E-state index in [0.29, 0.717) is 12.4 Å². The predicted octanol–water partition coefficient (Wildman–Crippen LogP) is 1.60. The van der Waals surface area contributed by atoms with Crippen molar-refractivity contribution in [2.75, 3.05) is 14.2 Å². The second kappa shape index (κ2) is 3.09. The molecule has 0 bridgehead atoms. The van der Waals surface area contributed by atoms with Gasteiger partial charge in [-0.15, -0.1) is 0 Å². The summed E-state index contributed by atoms with van der Waals surface area (Å²) in [6.07, 6.45) is 0. The van der Waals surface area contributed by atoms with Gasteiger partial charge < -0.3 is 9.47 Å². The highest BCUT2D eigenvalue weighted by Gasteiger charge is 2.16. The van der Waals surface area contributed by atoms with Gasteiger partial charge in [-0.05, 0) is 17.7 Å². The van der Waals surface area contributed by atoms with Crippen molar-refractivity contribution in [2.24, 2.45) is 4.99 Å². The van der Waals surface area contributed by atoms with E-state index < -0.39 is 0 Å². The van der Waals surface area contributed by atoms with Crippen molar-refractivity contribution >= 4 is 5.90 Å². The zero-order valence-electron chi connectivity index (χ0n) is 7.70. The fraction of sp³-hybridized carbons (Fsp3) is 0.300. The molecular formula is C10H11NO2. The summed E-state index contributed by atoms with van der Waals surface area (Å²) in [7, 11) is 3.29. The van der Waals surface area contributed by atoms with E-state index in [1.807, 2.05) is 18.2 Å². The molecule has 3 heteroatoms. The SMILES string of the molecule is COC1=NCc2ccc(OC)cc21. The smallest absolute Gasteiger partial charge is 0.216 e. The van der Waals surface area contributed by atoms with Crippen LogP contribution in [-0.4, -0.2) is 20.1 Å². The van der Waals surface area contributed by atoms with Crippen molar-refractivity contribution in [2.45, 2.75) is 6.54 Å². The molecule has 3 nitrogen and oxygen atoms in total. The van der Waals surface area contributed by atoms with E-state index >= 15 is 0 Å². The van der Waals surface area contributed by atoms with E-state index in [-0.39, 0.29) is 0 Å². The molecule has 1 heterocycles. The van der Waals surface area contributed by atoms with Crippen LogP contribution in [0.2, 0.25) is 0 Å². The zero-order chi connectivity index (χ0) is 9.26. The van der Waals surface area contributed by atoms with Crippen LogP contribution in [0.5, 0.6) is 5.75 Å². The van der Waals surface area contributed by atoms with Crippen LogP contribution in [0.1, 0.15) is 11.1 Å². The molecule has 2 rings (SSSR count). The van der Waals surface area contributed by atoms with Gasteiger partial charge in [0.25, 0.3) is 0 Å². The number of rotatable bonds is 1. The van der Waals surface area contributed by atoms with Gasteiger partial charge in [0.05, 0.1) is 20.8 Å². The number of hydrogen-bond acceptors (Lipinski definition) is 3. The Morgan fingerprint density at radius 2 is 2.08 bits per heavy atom. The maximum Gasteiger partial charge on any atom is 0.216 e. The number of methoxy groups -OCH3 is 2. The van der Waals surface area contributed by atoms with Gasteiger partial charge in [0.2, 0.25) is 5.90 Å². The first-order valence-electron chi connectivity index (χ1n) is 4.11. The second-order valence-electron chi connectivity index (χ2n) is 2.85. The van der Waals surface area contributed by atoms with E-state index in [4.69, 9.17) is 9.47 Å². The lowest BCUT2D eigenvalue weighted by Crippen LogP contribution is -2.00. The van der Waals surface area contributed by atoms with Crippen LogP contribution in [0.4, 0.5) is 0 Å². The highest BCUT2D eigenvalue weighted by Crippen LogP contribution is 2.23. The molecule has 0 atom stereocenters. The van der Waals surface area contributed by atoms with Gasteiger partial charge in [-0.25, -0.2) is 4.99 Å². The maximum atomic E-state index is 5.13. The molecule has 0 fully saturated rings. The van der Waals surface area contributed by atoms with Gasteiger partial charge >= 0.3 is 0 Å². The summed E-state index contributed by atoms with van der Waals surface area (Å²) in [6, 6.07) is 5.90. The molecule has 0 aromatic heterocycles. The average Bonchev–Trinajstić information content (AvgIpc) is 2.59. The molecule has 0 amide bonds. The molecule has 1 aliphatic heterocycles. The molecule has 0 saturated carbocycles. The molecule has 0 unspecified atom stereocenters. The van der Waals surface area contributed by atoms with Crippen molar-refractivity contribution in [3.8, 4) is 5.75 Å². The molecule has 0 saturated heterocycles. The first-order valence-corrected chi connectivity index (χ1v) is 4.11. The fourth-order valence-electron chi connectivity index (χ4n) is 1.44. The van der Waals surface area contributed by atoms with Gasteiger partial charge in [-0.2, -0.15) is 0 Å². The van der Waals surface area contributed by atoms with E-state index in [1.165, 1.54) is 5.56 Å². The Labute approximate surface area is 77.0 Å². The van der Waals surface area contributed by atoms with E-state index in [0.717, 1.165) is 11.3 Å². The van der Waals surface area contributed by atoms with Crippen molar-refractivity contribution in [3.63, 3.8) is 0 Å². The number of fused-ring (bicyclic) bond motifs is 1. The fourth-order valence-corrected chi connectivity index (χ4v) is 1.44. The maximum absolute atomic E-state index is 5.13. The van der Waals surface area contributed by atoms with Crippen molar-refractivity contribution in [1.29, 1.82) is 0 Å². The van der Waals surface area contributed by atoms with Crippen LogP contribution in [0.25, 0.3) is 0 Å². The topological polar surface area (TPSA) is 30.8 Å². The Kier molecular flexibility index (Phi) is 1.93. The number of hydrogen-bond donors (Lipinski definition) is 0. The summed E-state index contributed by atoms with van der Waals surface area (Å²) in [6.45, 7) is 0.711. The summed E-state index contributed by atoms with van der Waals surface area (Å²) in [5.41, 5.74) is 2.24. The Bertz CT molecular complexity index is 358. The van der Waals surface area contributed by atoms with E-state index in [2.05, 4.69) is 4.99 Å². The van der Waals surface area contributed by atoms with Gasteiger partial charge in [-0.3, -0.25) is 0 Å². The monoisotopic (exact) mass is 177 g/mol. The lowest BCUT2D eigenvalue weighted by atomic mass is 10.1. The van der Waals surface area contributed by atoms with Crippen molar-refractivity contribution in [1.82, 2.24) is 0 Å². The molecule has 0 aliphatic carbocycles. The second-order valence-corrected chi connectivity index (χ2v) is 2.85. The Hall–Kier alpha value is -1.51. The minimum atomic E-state index is 0.703. The minimum absolute atomic E-state index is 0.703. The summed E-state index contributed by atoms with van der Waals surface area (Å²) in [5.74, 6) is 1.54.